The largest absolute Gasteiger partial charge is 0.309 e. The summed E-state index contributed by atoms with van der Waals surface area (Å²) in [5.74, 6) is 0.735. The van der Waals surface area contributed by atoms with Gasteiger partial charge in [0.25, 0.3) is 0 Å². The highest BCUT2D eigenvalue weighted by molar-refractivity contribution is 5.95. The van der Waals surface area contributed by atoms with Gasteiger partial charge in [-0.25, -0.2) is 4.39 Å². The van der Waals surface area contributed by atoms with E-state index in [4.69, 9.17) is 0 Å². The van der Waals surface area contributed by atoms with Crippen LogP contribution in [-0.2, 0) is 11.2 Å². The minimum atomic E-state index is -0.206. The van der Waals surface area contributed by atoms with Crippen LogP contribution in [0, 0.1) is 11.7 Å². The number of fused-ring (bicyclic) bond motifs is 1. The van der Waals surface area contributed by atoms with E-state index in [0.29, 0.717) is 6.42 Å². The summed E-state index contributed by atoms with van der Waals surface area (Å²) in [6.45, 7) is 2.10. The van der Waals surface area contributed by atoms with Gasteiger partial charge in [0.05, 0.1) is 0 Å². The molecule has 0 unspecified atom stereocenters. The van der Waals surface area contributed by atoms with Crippen molar-refractivity contribution in [2.24, 2.45) is 5.92 Å². The van der Waals surface area contributed by atoms with Crippen LogP contribution in [0.3, 0.4) is 0 Å². The molecule has 1 heterocycles. The van der Waals surface area contributed by atoms with Crippen LogP contribution < -0.4 is 4.90 Å². The van der Waals surface area contributed by atoms with Crippen molar-refractivity contribution in [2.45, 2.75) is 70.8 Å². The SMILES string of the molecule is C[C@H]1CCc2cc(F)ccc2N1C(=O)CCC1CCCCC1. The van der Waals surface area contributed by atoms with Crippen molar-refractivity contribution < 1.29 is 9.18 Å². The Morgan fingerprint density at radius 3 is 2.77 bits per heavy atom. The topological polar surface area (TPSA) is 20.3 Å². The molecule has 1 atom stereocenters. The van der Waals surface area contributed by atoms with Gasteiger partial charge in [-0.3, -0.25) is 4.79 Å². The van der Waals surface area contributed by atoms with Crippen molar-refractivity contribution in [3.8, 4) is 0 Å². The van der Waals surface area contributed by atoms with Gasteiger partial charge in [0.1, 0.15) is 5.82 Å². The highest BCUT2D eigenvalue weighted by atomic mass is 19.1. The van der Waals surface area contributed by atoms with Crippen LogP contribution in [0.15, 0.2) is 18.2 Å². The van der Waals surface area contributed by atoms with Gasteiger partial charge in [-0.1, -0.05) is 32.1 Å². The summed E-state index contributed by atoms with van der Waals surface area (Å²) in [7, 11) is 0. The molecular formula is C19H26FNO. The lowest BCUT2D eigenvalue weighted by Gasteiger charge is -2.36. The zero-order chi connectivity index (χ0) is 15.5. The lowest BCUT2D eigenvalue weighted by Crippen LogP contribution is -2.42. The first kappa shape index (κ1) is 15.5. The molecule has 0 radical (unpaired) electrons. The number of nitrogens with zero attached hydrogens (tertiary/aromatic N) is 1. The lowest BCUT2D eigenvalue weighted by molar-refractivity contribution is -0.119. The molecule has 0 aromatic heterocycles. The van der Waals surface area contributed by atoms with Crippen LogP contribution in [0.25, 0.3) is 0 Å². The van der Waals surface area contributed by atoms with Crippen LogP contribution in [0.4, 0.5) is 10.1 Å². The van der Waals surface area contributed by atoms with E-state index in [2.05, 4.69) is 6.92 Å². The van der Waals surface area contributed by atoms with Gasteiger partial charge >= 0.3 is 0 Å². The summed E-state index contributed by atoms with van der Waals surface area (Å²) < 4.78 is 13.4. The molecule has 22 heavy (non-hydrogen) atoms. The Kier molecular flexibility index (Phi) is 4.80. The Bertz CT molecular complexity index is 536. The predicted molar refractivity (Wildman–Crippen MR) is 87.5 cm³/mol. The zero-order valence-corrected chi connectivity index (χ0v) is 13.5. The van der Waals surface area contributed by atoms with Crippen LogP contribution in [0.5, 0.6) is 0 Å². The first-order valence-corrected chi connectivity index (χ1v) is 8.75. The maximum absolute atomic E-state index is 13.4. The van der Waals surface area contributed by atoms with Crippen LogP contribution in [0.2, 0.25) is 0 Å². The number of amides is 1. The summed E-state index contributed by atoms with van der Waals surface area (Å²) in [5, 5.41) is 0. The van der Waals surface area contributed by atoms with E-state index in [9.17, 15) is 9.18 Å². The number of hydrogen-bond acceptors (Lipinski definition) is 1. The fourth-order valence-corrected chi connectivity index (χ4v) is 4.02. The van der Waals surface area contributed by atoms with Gasteiger partial charge in [0.2, 0.25) is 5.91 Å². The summed E-state index contributed by atoms with van der Waals surface area (Å²) in [6.07, 6.45) is 9.99. The molecule has 0 saturated heterocycles. The second kappa shape index (κ2) is 6.80. The monoisotopic (exact) mass is 303 g/mol. The number of benzene rings is 1. The van der Waals surface area contributed by atoms with Crippen molar-refractivity contribution >= 4 is 11.6 Å². The Hall–Kier alpha value is -1.38. The summed E-state index contributed by atoms with van der Waals surface area (Å²) in [4.78, 5) is 14.6. The van der Waals surface area contributed by atoms with E-state index in [1.165, 1.54) is 38.2 Å². The number of rotatable bonds is 3. The van der Waals surface area contributed by atoms with Crippen molar-refractivity contribution in [1.82, 2.24) is 0 Å². The van der Waals surface area contributed by atoms with Gasteiger partial charge in [0, 0.05) is 18.2 Å². The van der Waals surface area contributed by atoms with Crippen LogP contribution in [0.1, 0.15) is 63.9 Å². The molecule has 3 rings (SSSR count). The average Bonchev–Trinajstić information content (AvgIpc) is 2.54. The third-order valence-electron chi connectivity index (χ3n) is 5.33. The Morgan fingerprint density at radius 2 is 2.00 bits per heavy atom. The minimum Gasteiger partial charge on any atom is -0.309 e. The number of halogens is 1. The van der Waals surface area contributed by atoms with E-state index in [-0.39, 0.29) is 17.8 Å². The fraction of sp³-hybridized carbons (Fsp3) is 0.632. The second-order valence-corrected chi connectivity index (χ2v) is 6.97. The first-order chi connectivity index (χ1) is 10.6. The molecule has 120 valence electrons. The van der Waals surface area contributed by atoms with Crippen LogP contribution >= 0.6 is 0 Å². The Morgan fingerprint density at radius 1 is 1.23 bits per heavy atom. The third-order valence-corrected chi connectivity index (χ3v) is 5.33. The van der Waals surface area contributed by atoms with Crippen molar-refractivity contribution in [3.05, 3.63) is 29.6 Å². The fourth-order valence-electron chi connectivity index (χ4n) is 4.02. The Balaban J connectivity index is 1.68. The second-order valence-electron chi connectivity index (χ2n) is 6.97. The van der Waals surface area contributed by atoms with Gasteiger partial charge < -0.3 is 4.90 Å². The van der Waals surface area contributed by atoms with Crippen molar-refractivity contribution in [1.29, 1.82) is 0 Å². The standard InChI is InChI=1S/C19H26FNO/c1-14-7-9-16-13-17(20)10-11-18(16)21(14)19(22)12-8-15-5-3-2-4-6-15/h10-11,13-15H,2-9,12H2,1H3/t14-/m0/s1. The average molecular weight is 303 g/mol. The van der Waals surface area contributed by atoms with E-state index in [0.717, 1.165) is 36.4 Å². The molecule has 1 aliphatic heterocycles. The third kappa shape index (κ3) is 3.34. The molecule has 2 nitrogen and oxygen atoms in total. The number of hydrogen-bond donors (Lipinski definition) is 0. The molecule has 1 aliphatic carbocycles. The minimum absolute atomic E-state index is 0.206. The Labute approximate surface area is 132 Å². The number of anilines is 1. The van der Waals surface area contributed by atoms with Crippen LogP contribution in [-0.4, -0.2) is 11.9 Å². The van der Waals surface area contributed by atoms with Crippen molar-refractivity contribution in [2.75, 3.05) is 4.90 Å². The summed E-state index contributed by atoms with van der Waals surface area (Å²) in [5.41, 5.74) is 1.90. The molecule has 0 bridgehead atoms. The summed E-state index contributed by atoms with van der Waals surface area (Å²) >= 11 is 0. The first-order valence-electron chi connectivity index (χ1n) is 8.75. The number of aryl methyl sites for hydroxylation is 1. The number of carbonyl (C=O) groups is 1. The van der Waals surface area contributed by atoms with E-state index < -0.39 is 0 Å². The molecule has 0 N–H and O–H groups in total. The van der Waals surface area contributed by atoms with Crippen molar-refractivity contribution in [3.63, 3.8) is 0 Å². The van der Waals surface area contributed by atoms with E-state index in [1.54, 1.807) is 12.1 Å². The smallest absolute Gasteiger partial charge is 0.227 e. The molecule has 1 aromatic carbocycles. The lowest BCUT2D eigenvalue weighted by atomic mass is 9.86. The molecular weight excluding hydrogens is 277 g/mol. The van der Waals surface area contributed by atoms with Gasteiger partial charge in [-0.05, 0) is 55.9 Å². The van der Waals surface area contributed by atoms with E-state index in [1.807, 2.05) is 4.90 Å². The quantitative estimate of drug-likeness (QED) is 0.781. The normalized spacial score (nSPS) is 22.5. The predicted octanol–water partition coefficient (Wildman–Crippen LogP) is 4.85. The van der Waals surface area contributed by atoms with Gasteiger partial charge in [-0.2, -0.15) is 0 Å². The van der Waals surface area contributed by atoms with Gasteiger partial charge in [0.15, 0.2) is 0 Å². The maximum Gasteiger partial charge on any atom is 0.227 e. The molecule has 1 saturated carbocycles. The van der Waals surface area contributed by atoms with Gasteiger partial charge in [-0.15, -0.1) is 0 Å². The molecule has 3 heteroatoms. The summed E-state index contributed by atoms with van der Waals surface area (Å²) in [6, 6.07) is 5.05. The molecule has 1 aromatic rings. The number of carbonyl (C=O) groups excluding carboxylic acids is 1. The highest BCUT2D eigenvalue weighted by Gasteiger charge is 2.28. The molecule has 1 amide bonds. The zero-order valence-electron chi connectivity index (χ0n) is 13.5. The molecule has 1 fully saturated rings. The highest BCUT2D eigenvalue weighted by Crippen LogP contribution is 2.33. The molecule has 0 spiro atoms. The van der Waals surface area contributed by atoms with E-state index >= 15 is 0 Å². The maximum atomic E-state index is 13.4. The molecule has 2 aliphatic rings.